The van der Waals surface area contributed by atoms with Gasteiger partial charge in [0, 0.05) is 20.8 Å². The monoisotopic (exact) mass is 400 g/mol. The van der Waals surface area contributed by atoms with Crippen molar-refractivity contribution in [3.05, 3.63) is 46.8 Å². The van der Waals surface area contributed by atoms with Crippen molar-refractivity contribution in [3.63, 3.8) is 0 Å². The van der Waals surface area contributed by atoms with Crippen LogP contribution >= 0.6 is 45.7 Å². The number of rotatable bonds is 1. The van der Waals surface area contributed by atoms with Gasteiger partial charge in [-0.3, -0.25) is 0 Å². The van der Waals surface area contributed by atoms with Gasteiger partial charge < -0.3 is 4.74 Å². The van der Waals surface area contributed by atoms with Gasteiger partial charge in [-0.15, -0.1) is 11.3 Å². The molecule has 1 fully saturated rings. The fraction of sp³-hybridized carbons (Fsp3) is 0.333. The third-order valence-electron chi connectivity index (χ3n) is 3.88. The molecule has 0 unspecified atom stereocenters. The molecule has 1 aromatic carbocycles. The van der Waals surface area contributed by atoms with Gasteiger partial charge in [0.05, 0.1) is 16.4 Å². The van der Waals surface area contributed by atoms with Gasteiger partial charge in [0.2, 0.25) is 0 Å². The molecule has 2 aliphatic rings. The van der Waals surface area contributed by atoms with Crippen molar-refractivity contribution in [2.45, 2.75) is 33.7 Å². The molecular weight excluding hydrogens is 387 g/mol. The van der Waals surface area contributed by atoms with Gasteiger partial charge in [-0.2, -0.15) is 0 Å². The van der Waals surface area contributed by atoms with Crippen LogP contribution in [0.3, 0.4) is 0 Å². The first-order chi connectivity index (χ1) is 9.36. The van der Waals surface area contributed by atoms with E-state index in [1.165, 1.54) is 20.2 Å². The minimum absolute atomic E-state index is 0.261. The zero-order valence-corrected chi connectivity index (χ0v) is 14.0. The largest absolute Gasteiger partial charge is 0.369 e. The Hall–Kier alpha value is -0.0400. The molecule has 1 aromatic heterocycles. The highest BCUT2D eigenvalue weighted by Crippen LogP contribution is 2.54. The van der Waals surface area contributed by atoms with E-state index in [2.05, 4.69) is 58.3 Å². The number of hydrogen-bond donors (Lipinski definition) is 0. The van der Waals surface area contributed by atoms with Crippen LogP contribution < -0.4 is 0 Å². The average Bonchev–Trinajstić information content (AvgIpc) is 3.03. The molecule has 2 aliphatic heterocycles. The van der Waals surface area contributed by atoms with Crippen molar-refractivity contribution in [1.82, 2.24) is 0 Å². The predicted molar refractivity (Wildman–Crippen MR) is 88.7 cm³/mol. The van der Waals surface area contributed by atoms with E-state index in [0.717, 1.165) is 10.8 Å². The van der Waals surface area contributed by atoms with E-state index >= 15 is 0 Å². The van der Waals surface area contributed by atoms with Crippen molar-refractivity contribution in [2.75, 3.05) is 4.43 Å². The lowest BCUT2D eigenvalue weighted by Crippen LogP contribution is -2.07. The number of alkyl halides is 1. The first-order valence-corrected chi connectivity index (χ1v) is 9.64. The topological polar surface area (TPSA) is 9.23 Å². The Kier molecular flexibility index (Phi) is 3.38. The van der Waals surface area contributed by atoms with Crippen LogP contribution in [0.1, 0.15) is 29.6 Å². The number of hydrogen-bond acceptors (Lipinski definition) is 3. The molecule has 0 N–H and O–H groups in total. The number of benzene rings is 1. The molecular formula is C15H13IOS2. The molecule has 2 aromatic rings. The van der Waals surface area contributed by atoms with Crippen LogP contribution in [-0.4, -0.2) is 10.5 Å². The molecule has 3 atom stereocenters. The van der Waals surface area contributed by atoms with E-state index in [0.29, 0.717) is 12.0 Å². The van der Waals surface area contributed by atoms with Crippen LogP contribution in [0.15, 0.2) is 44.8 Å². The smallest absolute Gasteiger partial charge is 0.0918 e. The third-order valence-corrected chi connectivity index (χ3v) is 7.14. The van der Waals surface area contributed by atoms with Gasteiger partial charge in [0.1, 0.15) is 0 Å². The van der Waals surface area contributed by atoms with E-state index in [1.807, 2.05) is 23.1 Å². The summed E-state index contributed by atoms with van der Waals surface area (Å²) in [5, 5.41) is 2.20. The fourth-order valence-electron chi connectivity index (χ4n) is 3.02. The van der Waals surface area contributed by atoms with Gasteiger partial charge in [-0.1, -0.05) is 52.6 Å². The van der Waals surface area contributed by atoms with Gasteiger partial charge in [0.15, 0.2) is 0 Å². The number of halogens is 1. The summed E-state index contributed by atoms with van der Waals surface area (Å²) in [6.07, 6.45) is 1.82. The van der Waals surface area contributed by atoms with Crippen molar-refractivity contribution >= 4 is 45.7 Å². The Balaban J connectivity index is 1.87. The molecule has 0 amide bonds. The molecule has 19 heavy (non-hydrogen) atoms. The molecule has 4 rings (SSSR count). The highest BCUT2D eigenvalue weighted by molar-refractivity contribution is 14.1. The Morgan fingerprint density at radius 2 is 2.11 bits per heavy atom. The van der Waals surface area contributed by atoms with Crippen molar-refractivity contribution in [2.24, 2.45) is 0 Å². The molecule has 0 radical (unpaired) electrons. The van der Waals surface area contributed by atoms with Crippen LogP contribution in [-0.2, 0) is 4.74 Å². The van der Waals surface area contributed by atoms with Gasteiger partial charge in [0.25, 0.3) is 0 Å². The maximum Gasteiger partial charge on any atom is 0.0918 e. The summed E-state index contributed by atoms with van der Waals surface area (Å²) in [7, 11) is 0. The minimum Gasteiger partial charge on any atom is -0.369 e. The molecule has 3 heterocycles. The minimum atomic E-state index is 0.261. The highest BCUT2D eigenvalue weighted by Gasteiger charge is 2.40. The van der Waals surface area contributed by atoms with Crippen LogP contribution in [0, 0.1) is 0 Å². The van der Waals surface area contributed by atoms with E-state index in [9.17, 15) is 0 Å². The van der Waals surface area contributed by atoms with E-state index in [-0.39, 0.29) is 6.10 Å². The second-order valence-corrected chi connectivity index (χ2v) is 8.09. The molecule has 4 heteroatoms. The van der Waals surface area contributed by atoms with Crippen molar-refractivity contribution in [1.29, 1.82) is 0 Å². The maximum atomic E-state index is 6.32. The SMILES string of the molecule is IC[C@@H]1C[C@@H]2c3ccccc3Sc3sccc3[C@H]2O1. The quantitative estimate of drug-likeness (QED) is 0.477. The van der Waals surface area contributed by atoms with E-state index in [1.54, 1.807) is 0 Å². The zero-order chi connectivity index (χ0) is 12.8. The van der Waals surface area contributed by atoms with Gasteiger partial charge in [-0.05, 0) is 29.5 Å². The standard InChI is InChI=1S/C15H13IOS2/c16-8-9-7-12-10-3-1-2-4-13(10)19-15-11(5-6-18-15)14(12)17-9/h1-6,9,12,14H,7-8H2/t9-,12+,14+/m0/s1. The molecule has 0 bridgehead atoms. The first kappa shape index (κ1) is 12.7. The predicted octanol–water partition coefficient (Wildman–Crippen LogP) is 5.26. The Morgan fingerprint density at radius 1 is 1.21 bits per heavy atom. The summed E-state index contributed by atoms with van der Waals surface area (Å²) in [6, 6.07) is 11.1. The van der Waals surface area contributed by atoms with Crippen molar-refractivity contribution < 1.29 is 4.74 Å². The first-order valence-electron chi connectivity index (χ1n) is 6.42. The van der Waals surface area contributed by atoms with Crippen LogP contribution in [0.5, 0.6) is 0 Å². The summed E-state index contributed by atoms with van der Waals surface area (Å²) in [6.45, 7) is 0. The highest BCUT2D eigenvalue weighted by atomic mass is 127. The molecule has 0 saturated carbocycles. The molecule has 98 valence electrons. The van der Waals surface area contributed by atoms with Crippen LogP contribution in [0.2, 0.25) is 0 Å². The molecule has 1 saturated heterocycles. The lowest BCUT2D eigenvalue weighted by Gasteiger charge is -2.17. The lowest BCUT2D eigenvalue weighted by molar-refractivity contribution is 0.0539. The maximum absolute atomic E-state index is 6.32. The van der Waals surface area contributed by atoms with E-state index < -0.39 is 0 Å². The second-order valence-electron chi connectivity index (χ2n) is 4.98. The molecule has 1 nitrogen and oxygen atoms in total. The van der Waals surface area contributed by atoms with Crippen LogP contribution in [0.4, 0.5) is 0 Å². The second kappa shape index (κ2) is 5.06. The Bertz CT molecular complexity index is 610. The number of fused-ring (bicyclic) bond motifs is 5. The normalized spacial score (nSPS) is 28.4. The van der Waals surface area contributed by atoms with E-state index in [4.69, 9.17) is 4.74 Å². The summed E-state index contributed by atoms with van der Waals surface area (Å²) < 4.78 is 8.82. The average molecular weight is 400 g/mol. The van der Waals surface area contributed by atoms with Crippen molar-refractivity contribution in [3.8, 4) is 0 Å². The van der Waals surface area contributed by atoms with Gasteiger partial charge >= 0.3 is 0 Å². The lowest BCUT2D eigenvalue weighted by atomic mass is 9.89. The number of thiophene rings is 1. The summed E-state index contributed by atoms with van der Waals surface area (Å²) in [5.41, 5.74) is 2.89. The Morgan fingerprint density at radius 3 is 3.00 bits per heavy atom. The molecule has 0 aliphatic carbocycles. The summed E-state index contributed by atoms with van der Waals surface area (Å²) >= 11 is 6.20. The zero-order valence-electron chi connectivity index (χ0n) is 10.2. The molecule has 0 spiro atoms. The summed E-state index contributed by atoms with van der Waals surface area (Å²) in [5.74, 6) is 0.527. The fourth-order valence-corrected chi connectivity index (χ4v) is 5.86. The van der Waals surface area contributed by atoms with Crippen LogP contribution in [0.25, 0.3) is 0 Å². The number of ether oxygens (including phenoxy) is 1. The Labute approximate surface area is 134 Å². The van der Waals surface area contributed by atoms with Gasteiger partial charge in [-0.25, -0.2) is 0 Å². The third kappa shape index (κ3) is 2.07. The summed E-state index contributed by atoms with van der Waals surface area (Å²) in [4.78, 5) is 1.41.